The summed E-state index contributed by atoms with van der Waals surface area (Å²) in [6.45, 7) is 5.58. The van der Waals surface area contributed by atoms with Crippen LogP contribution in [0.2, 0.25) is 0 Å². The standard InChI is InChI=1S/C12H15N5O2/c1-12(2,3)10-9(17(18)19)11(13)16(15-10)8-4-6-14-7-5-8/h4-7H,13H2,1-3H3. The Morgan fingerprint density at radius 3 is 2.32 bits per heavy atom. The van der Waals surface area contributed by atoms with Crippen LogP contribution in [0.4, 0.5) is 11.5 Å². The zero-order chi connectivity index (χ0) is 14.2. The van der Waals surface area contributed by atoms with Crippen molar-refractivity contribution in [2.24, 2.45) is 0 Å². The molecule has 2 aromatic rings. The largest absolute Gasteiger partial charge is 0.378 e. The van der Waals surface area contributed by atoms with E-state index in [1.165, 1.54) is 4.68 Å². The minimum atomic E-state index is -0.486. The fourth-order valence-electron chi connectivity index (χ4n) is 1.79. The number of rotatable bonds is 2. The fraction of sp³-hybridized carbons (Fsp3) is 0.333. The van der Waals surface area contributed by atoms with E-state index in [4.69, 9.17) is 5.73 Å². The van der Waals surface area contributed by atoms with Crippen molar-refractivity contribution in [3.8, 4) is 5.69 Å². The zero-order valence-electron chi connectivity index (χ0n) is 11.0. The lowest BCUT2D eigenvalue weighted by Crippen LogP contribution is -2.14. The first-order valence-corrected chi connectivity index (χ1v) is 5.76. The third-order valence-corrected chi connectivity index (χ3v) is 2.70. The van der Waals surface area contributed by atoms with Gasteiger partial charge < -0.3 is 5.73 Å². The highest BCUT2D eigenvalue weighted by Gasteiger charge is 2.33. The molecule has 0 bridgehead atoms. The molecular weight excluding hydrogens is 246 g/mol. The van der Waals surface area contributed by atoms with E-state index in [0.29, 0.717) is 11.4 Å². The van der Waals surface area contributed by atoms with Crippen LogP contribution in [-0.4, -0.2) is 19.7 Å². The Labute approximate surface area is 110 Å². The van der Waals surface area contributed by atoms with Crippen LogP contribution >= 0.6 is 0 Å². The van der Waals surface area contributed by atoms with E-state index in [1.807, 2.05) is 20.8 Å². The van der Waals surface area contributed by atoms with E-state index in [-0.39, 0.29) is 11.5 Å². The number of nitrogens with zero attached hydrogens (tertiary/aromatic N) is 4. The molecule has 7 heteroatoms. The molecule has 0 aromatic carbocycles. The summed E-state index contributed by atoms with van der Waals surface area (Å²) < 4.78 is 1.38. The molecule has 0 radical (unpaired) electrons. The third-order valence-electron chi connectivity index (χ3n) is 2.70. The number of nitro groups is 1. The molecule has 0 spiro atoms. The SMILES string of the molecule is CC(C)(C)c1nn(-c2ccncc2)c(N)c1[N+](=O)[O-]. The van der Waals surface area contributed by atoms with Gasteiger partial charge in [0.15, 0.2) is 0 Å². The van der Waals surface area contributed by atoms with Crippen molar-refractivity contribution in [3.05, 3.63) is 40.3 Å². The van der Waals surface area contributed by atoms with Crippen molar-refractivity contribution in [2.75, 3.05) is 5.73 Å². The zero-order valence-corrected chi connectivity index (χ0v) is 11.0. The van der Waals surface area contributed by atoms with Crippen molar-refractivity contribution in [3.63, 3.8) is 0 Å². The summed E-state index contributed by atoms with van der Waals surface area (Å²) in [6.07, 6.45) is 3.16. The Morgan fingerprint density at radius 2 is 1.89 bits per heavy atom. The molecule has 0 saturated carbocycles. The van der Waals surface area contributed by atoms with Gasteiger partial charge in [-0.15, -0.1) is 0 Å². The van der Waals surface area contributed by atoms with E-state index < -0.39 is 10.3 Å². The second kappa shape index (κ2) is 4.34. The molecule has 0 unspecified atom stereocenters. The Kier molecular flexibility index (Phi) is 2.97. The molecule has 2 N–H and O–H groups in total. The second-order valence-corrected chi connectivity index (χ2v) is 5.21. The van der Waals surface area contributed by atoms with Crippen molar-refractivity contribution < 1.29 is 4.92 Å². The normalized spacial score (nSPS) is 11.5. The summed E-state index contributed by atoms with van der Waals surface area (Å²) in [5.74, 6) is 0.0288. The van der Waals surface area contributed by atoms with Gasteiger partial charge >= 0.3 is 5.69 Å². The first kappa shape index (κ1) is 13.0. The van der Waals surface area contributed by atoms with E-state index in [0.717, 1.165) is 0 Å². The number of nitrogen functional groups attached to an aromatic ring is 1. The molecule has 0 saturated heterocycles. The highest BCUT2D eigenvalue weighted by molar-refractivity contribution is 5.61. The maximum Gasteiger partial charge on any atom is 0.334 e. The first-order chi connectivity index (χ1) is 8.82. The van der Waals surface area contributed by atoms with Gasteiger partial charge in [0.1, 0.15) is 5.69 Å². The molecule has 0 aliphatic rings. The molecule has 0 amide bonds. The number of aromatic nitrogens is 3. The highest BCUT2D eigenvalue weighted by atomic mass is 16.6. The van der Waals surface area contributed by atoms with Crippen molar-refractivity contribution >= 4 is 11.5 Å². The van der Waals surface area contributed by atoms with Gasteiger partial charge in [-0.2, -0.15) is 5.10 Å². The molecule has 100 valence electrons. The minimum Gasteiger partial charge on any atom is -0.378 e. The topological polar surface area (TPSA) is 99.9 Å². The second-order valence-electron chi connectivity index (χ2n) is 5.21. The molecule has 7 nitrogen and oxygen atoms in total. The average Bonchev–Trinajstić information content (AvgIpc) is 2.68. The Hall–Kier alpha value is -2.44. The molecule has 2 heterocycles. The number of hydrogen-bond acceptors (Lipinski definition) is 5. The molecular formula is C12H15N5O2. The molecule has 19 heavy (non-hydrogen) atoms. The average molecular weight is 261 g/mol. The summed E-state index contributed by atoms with van der Waals surface area (Å²) in [5, 5.41) is 15.5. The van der Waals surface area contributed by atoms with Gasteiger partial charge in [-0.05, 0) is 12.1 Å². The Balaban J connectivity index is 2.70. The maximum atomic E-state index is 11.2. The Morgan fingerprint density at radius 1 is 1.32 bits per heavy atom. The third kappa shape index (κ3) is 2.26. The Bertz CT molecular complexity index is 613. The summed E-state index contributed by atoms with van der Waals surface area (Å²) in [7, 11) is 0. The predicted molar refractivity (Wildman–Crippen MR) is 71.1 cm³/mol. The van der Waals surface area contributed by atoms with Gasteiger partial charge in [-0.25, -0.2) is 4.68 Å². The molecule has 2 aromatic heterocycles. The van der Waals surface area contributed by atoms with E-state index in [1.54, 1.807) is 24.5 Å². The summed E-state index contributed by atoms with van der Waals surface area (Å²) in [6, 6.07) is 3.39. The van der Waals surface area contributed by atoms with Crippen LogP contribution in [0.3, 0.4) is 0 Å². The van der Waals surface area contributed by atoms with Crippen LogP contribution in [0, 0.1) is 10.1 Å². The molecule has 0 aliphatic heterocycles. The molecule has 2 rings (SSSR count). The van der Waals surface area contributed by atoms with Crippen LogP contribution in [0.25, 0.3) is 5.69 Å². The van der Waals surface area contributed by atoms with Gasteiger partial charge in [-0.3, -0.25) is 15.1 Å². The van der Waals surface area contributed by atoms with Crippen LogP contribution in [0.1, 0.15) is 26.5 Å². The van der Waals surface area contributed by atoms with Crippen LogP contribution in [-0.2, 0) is 5.41 Å². The van der Waals surface area contributed by atoms with E-state index >= 15 is 0 Å². The summed E-state index contributed by atoms with van der Waals surface area (Å²) in [5.41, 5.74) is 6.29. The minimum absolute atomic E-state index is 0.0288. The highest BCUT2D eigenvalue weighted by Crippen LogP contribution is 2.35. The van der Waals surface area contributed by atoms with E-state index in [2.05, 4.69) is 10.1 Å². The van der Waals surface area contributed by atoms with Gasteiger partial charge in [0.2, 0.25) is 5.82 Å². The lowest BCUT2D eigenvalue weighted by molar-refractivity contribution is -0.385. The maximum absolute atomic E-state index is 11.2. The summed E-state index contributed by atoms with van der Waals surface area (Å²) in [4.78, 5) is 14.6. The van der Waals surface area contributed by atoms with Crippen molar-refractivity contribution in [1.29, 1.82) is 0 Å². The van der Waals surface area contributed by atoms with Crippen LogP contribution < -0.4 is 5.73 Å². The number of nitrogens with two attached hydrogens (primary N) is 1. The lowest BCUT2D eigenvalue weighted by Gasteiger charge is -2.13. The van der Waals surface area contributed by atoms with Gasteiger partial charge in [-0.1, -0.05) is 20.8 Å². The number of pyridine rings is 1. The molecule has 0 atom stereocenters. The monoisotopic (exact) mass is 261 g/mol. The molecule has 0 aliphatic carbocycles. The lowest BCUT2D eigenvalue weighted by atomic mass is 9.91. The van der Waals surface area contributed by atoms with Crippen LogP contribution in [0.5, 0.6) is 0 Å². The van der Waals surface area contributed by atoms with Gasteiger partial charge in [0.25, 0.3) is 0 Å². The van der Waals surface area contributed by atoms with Crippen molar-refractivity contribution in [1.82, 2.24) is 14.8 Å². The van der Waals surface area contributed by atoms with Gasteiger partial charge in [0, 0.05) is 17.8 Å². The van der Waals surface area contributed by atoms with Crippen LogP contribution in [0.15, 0.2) is 24.5 Å². The quantitative estimate of drug-likeness (QED) is 0.658. The smallest absolute Gasteiger partial charge is 0.334 e. The van der Waals surface area contributed by atoms with E-state index in [9.17, 15) is 10.1 Å². The number of hydrogen-bond donors (Lipinski definition) is 1. The number of anilines is 1. The van der Waals surface area contributed by atoms with Gasteiger partial charge in [0.05, 0.1) is 10.6 Å². The molecule has 0 fully saturated rings. The summed E-state index contributed by atoms with van der Waals surface area (Å²) >= 11 is 0. The van der Waals surface area contributed by atoms with Crippen molar-refractivity contribution in [2.45, 2.75) is 26.2 Å². The predicted octanol–water partition coefficient (Wildman–Crippen LogP) is 2.06. The fourth-order valence-corrected chi connectivity index (χ4v) is 1.79. The first-order valence-electron chi connectivity index (χ1n) is 5.76.